The van der Waals surface area contributed by atoms with Crippen molar-refractivity contribution >= 4 is 16.8 Å². The highest BCUT2D eigenvalue weighted by Gasteiger charge is 2.27. The molecule has 1 fully saturated rings. The molecule has 2 rings (SSSR count). The first kappa shape index (κ1) is 7.87. The van der Waals surface area contributed by atoms with Crippen LogP contribution in [-0.2, 0) is 4.79 Å². The molecule has 12 heavy (non-hydrogen) atoms. The molecule has 0 atom stereocenters. The molecule has 1 heterocycles. The van der Waals surface area contributed by atoms with E-state index in [-0.39, 0.29) is 5.24 Å². The Hall–Kier alpha value is -0.760. The standard InChI is InChI=1S/C9H10ClNO/c10-9(12)7-3-5-11(6-4-7)8-1-2-8/h3-5,8H,1-2,6H2. The summed E-state index contributed by atoms with van der Waals surface area (Å²) < 4.78 is 0. The summed E-state index contributed by atoms with van der Waals surface area (Å²) in [5.74, 6) is 0. The quantitative estimate of drug-likeness (QED) is 0.607. The molecule has 2 nitrogen and oxygen atoms in total. The van der Waals surface area contributed by atoms with Gasteiger partial charge in [-0.15, -0.1) is 0 Å². The van der Waals surface area contributed by atoms with Gasteiger partial charge in [0.1, 0.15) is 0 Å². The fourth-order valence-electron chi connectivity index (χ4n) is 1.33. The van der Waals surface area contributed by atoms with Crippen LogP contribution in [0.2, 0.25) is 0 Å². The van der Waals surface area contributed by atoms with Crippen LogP contribution < -0.4 is 0 Å². The number of halogens is 1. The summed E-state index contributed by atoms with van der Waals surface area (Å²) in [5.41, 5.74) is 0.619. The van der Waals surface area contributed by atoms with Gasteiger partial charge in [0.2, 0.25) is 0 Å². The Morgan fingerprint density at radius 3 is 2.75 bits per heavy atom. The van der Waals surface area contributed by atoms with Crippen molar-refractivity contribution in [2.45, 2.75) is 18.9 Å². The van der Waals surface area contributed by atoms with Crippen LogP contribution in [0.15, 0.2) is 23.9 Å². The Balaban J connectivity index is 2.00. The van der Waals surface area contributed by atoms with Gasteiger partial charge < -0.3 is 4.90 Å². The van der Waals surface area contributed by atoms with Gasteiger partial charge in [-0.2, -0.15) is 0 Å². The molecule has 2 aliphatic rings. The zero-order valence-corrected chi connectivity index (χ0v) is 7.42. The summed E-state index contributed by atoms with van der Waals surface area (Å²) in [5, 5.41) is -0.360. The third-order valence-corrected chi connectivity index (χ3v) is 2.43. The molecule has 1 aliphatic heterocycles. The molecule has 0 aromatic carbocycles. The molecule has 0 amide bonds. The Kier molecular flexibility index (Phi) is 1.93. The molecule has 3 heteroatoms. The van der Waals surface area contributed by atoms with Crippen molar-refractivity contribution in [3.05, 3.63) is 23.9 Å². The van der Waals surface area contributed by atoms with E-state index in [0.29, 0.717) is 11.6 Å². The minimum atomic E-state index is -0.360. The van der Waals surface area contributed by atoms with Gasteiger partial charge in [0, 0.05) is 24.4 Å². The Labute approximate surface area is 76.5 Å². The first-order valence-corrected chi connectivity index (χ1v) is 4.49. The largest absolute Gasteiger partial charge is 0.371 e. The van der Waals surface area contributed by atoms with Crippen molar-refractivity contribution in [3.63, 3.8) is 0 Å². The maximum Gasteiger partial charge on any atom is 0.252 e. The van der Waals surface area contributed by atoms with Crippen LogP contribution in [0.1, 0.15) is 12.8 Å². The third-order valence-electron chi connectivity index (χ3n) is 2.21. The second-order valence-electron chi connectivity index (χ2n) is 3.18. The number of allylic oxidation sites excluding steroid dienone is 2. The fourth-order valence-corrected chi connectivity index (χ4v) is 1.47. The Morgan fingerprint density at radius 2 is 2.33 bits per heavy atom. The van der Waals surface area contributed by atoms with Crippen LogP contribution >= 0.6 is 11.6 Å². The lowest BCUT2D eigenvalue weighted by Gasteiger charge is -2.20. The second-order valence-corrected chi connectivity index (χ2v) is 3.52. The number of carbonyl (C=O) groups is 1. The van der Waals surface area contributed by atoms with Gasteiger partial charge >= 0.3 is 0 Å². The monoisotopic (exact) mass is 183 g/mol. The van der Waals surface area contributed by atoms with Crippen molar-refractivity contribution in [1.82, 2.24) is 4.90 Å². The van der Waals surface area contributed by atoms with Gasteiger partial charge in [0.05, 0.1) is 0 Å². The normalized spacial score (nSPS) is 22.4. The van der Waals surface area contributed by atoms with Crippen molar-refractivity contribution < 1.29 is 4.79 Å². The lowest BCUT2D eigenvalue weighted by atomic mass is 10.2. The first-order valence-electron chi connectivity index (χ1n) is 4.11. The van der Waals surface area contributed by atoms with Gasteiger partial charge in [-0.25, -0.2) is 0 Å². The molecule has 0 N–H and O–H groups in total. The highest BCUT2D eigenvalue weighted by atomic mass is 35.5. The fraction of sp³-hybridized carbons (Fsp3) is 0.444. The number of rotatable bonds is 2. The maximum atomic E-state index is 10.7. The van der Waals surface area contributed by atoms with Gasteiger partial charge in [0.25, 0.3) is 5.24 Å². The summed E-state index contributed by atoms with van der Waals surface area (Å²) in [4.78, 5) is 13.0. The molecule has 64 valence electrons. The van der Waals surface area contributed by atoms with Crippen molar-refractivity contribution in [2.75, 3.05) is 6.54 Å². The zero-order valence-electron chi connectivity index (χ0n) is 6.66. The second kappa shape index (κ2) is 2.94. The van der Waals surface area contributed by atoms with E-state index in [1.165, 1.54) is 12.8 Å². The van der Waals surface area contributed by atoms with Crippen LogP contribution in [0.4, 0.5) is 0 Å². The lowest BCUT2D eigenvalue weighted by Crippen LogP contribution is -2.22. The van der Waals surface area contributed by atoms with Crippen LogP contribution in [0, 0.1) is 0 Å². The van der Waals surface area contributed by atoms with Gasteiger partial charge in [-0.3, -0.25) is 4.79 Å². The van der Waals surface area contributed by atoms with Crippen molar-refractivity contribution in [3.8, 4) is 0 Å². The SMILES string of the molecule is O=C(Cl)C1=CCN(C2CC2)C=C1. The van der Waals surface area contributed by atoms with E-state index in [9.17, 15) is 4.79 Å². The highest BCUT2D eigenvalue weighted by Crippen LogP contribution is 2.28. The number of carbonyl (C=O) groups excluding carboxylic acids is 1. The van der Waals surface area contributed by atoms with E-state index in [1.807, 2.05) is 12.3 Å². The Bertz CT molecular complexity index is 266. The molecule has 0 bridgehead atoms. The van der Waals surface area contributed by atoms with Gasteiger partial charge in [-0.1, -0.05) is 6.08 Å². The molecule has 1 saturated carbocycles. The van der Waals surface area contributed by atoms with Crippen LogP contribution in [0.5, 0.6) is 0 Å². The molecular weight excluding hydrogens is 174 g/mol. The van der Waals surface area contributed by atoms with E-state index in [0.717, 1.165) is 6.54 Å². The van der Waals surface area contributed by atoms with Crippen molar-refractivity contribution in [2.24, 2.45) is 0 Å². The summed E-state index contributed by atoms with van der Waals surface area (Å²) in [7, 11) is 0. The predicted octanol–water partition coefficient (Wildman–Crippen LogP) is 1.67. The molecule has 0 aromatic heterocycles. The molecule has 0 spiro atoms. The van der Waals surface area contributed by atoms with E-state index in [1.54, 1.807) is 6.08 Å². The number of hydrogen-bond donors (Lipinski definition) is 0. The molecule has 0 aromatic rings. The van der Waals surface area contributed by atoms with E-state index in [2.05, 4.69) is 4.90 Å². The molecule has 0 saturated heterocycles. The highest BCUT2D eigenvalue weighted by molar-refractivity contribution is 6.68. The van der Waals surface area contributed by atoms with Crippen LogP contribution in [-0.4, -0.2) is 22.7 Å². The minimum absolute atomic E-state index is 0.360. The smallest absolute Gasteiger partial charge is 0.252 e. The third kappa shape index (κ3) is 1.53. The Morgan fingerprint density at radius 1 is 1.58 bits per heavy atom. The predicted molar refractivity (Wildman–Crippen MR) is 47.8 cm³/mol. The average Bonchev–Trinajstić information content (AvgIpc) is 2.87. The molecule has 0 unspecified atom stereocenters. The maximum absolute atomic E-state index is 10.7. The summed E-state index contributed by atoms with van der Waals surface area (Å²) in [6, 6.07) is 0.712. The van der Waals surface area contributed by atoms with Crippen molar-refractivity contribution in [1.29, 1.82) is 0 Å². The summed E-state index contributed by atoms with van der Waals surface area (Å²) in [6.07, 6.45) is 8.20. The topological polar surface area (TPSA) is 20.3 Å². The van der Waals surface area contributed by atoms with Crippen LogP contribution in [0.3, 0.4) is 0 Å². The minimum Gasteiger partial charge on any atom is -0.371 e. The molecule has 0 radical (unpaired) electrons. The number of nitrogens with zero attached hydrogens (tertiary/aromatic N) is 1. The van der Waals surface area contributed by atoms with E-state index in [4.69, 9.17) is 11.6 Å². The molecule has 1 aliphatic carbocycles. The van der Waals surface area contributed by atoms with E-state index >= 15 is 0 Å². The first-order chi connectivity index (χ1) is 5.77. The zero-order chi connectivity index (χ0) is 8.55. The van der Waals surface area contributed by atoms with Gasteiger partial charge in [0.15, 0.2) is 0 Å². The van der Waals surface area contributed by atoms with Crippen LogP contribution in [0.25, 0.3) is 0 Å². The summed E-state index contributed by atoms with van der Waals surface area (Å²) in [6.45, 7) is 0.828. The molecular formula is C9H10ClNO. The summed E-state index contributed by atoms with van der Waals surface area (Å²) >= 11 is 5.32. The number of hydrogen-bond acceptors (Lipinski definition) is 2. The lowest BCUT2D eigenvalue weighted by molar-refractivity contribution is -0.108. The van der Waals surface area contributed by atoms with E-state index < -0.39 is 0 Å². The van der Waals surface area contributed by atoms with Gasteiger partial charge in [-0.05, 0) is 30.5 Å². The average molecular weight is 184 g/mol.